The highest BCUT2D eigenvalue weighted by Gasteiger charge is 2.21. The van der Waals surface area contributed by atoms with Crippen molar-refractivity contribution in [3.8, 4) is 22.0 Å². The highest BCUT2D eigenvalue weighted by atomic mass is 35.5. The SMILES string of the molecule is O=C(Nc1cccc(-c2csc(-c3ccccn3)n2)c1)c1ccc(Cl)cc1[N+](=O)[O-]. The molecule has 148 valence electrons. The van der Waals surface area contributed by atoms with Crippen LogP contribution in [0.1, 0.15) is 10.4 Å². The molecule has 0 saturated carbocycles. The summed E-state index contributed by atoms with van der Waals surface area (Å²) in [7, 11) is 0. The maximum Gasteiger partial charge on any atom is 0.283 e. The fourth-order valence-electron chi connectivity index (χ4n) is 2.82. The maximum absolute atomic E-state index is 12.6. The average molecular weight is 437 g/mol. The largest absolute Gasteiger partial charge is 0.322 e. The molecule has 9 heteroatoms. The summed E-state index contributed by atoms with van der Waals surface area (Å²) < 4.78 is 0. The zero-order chi connectivity index (χ0) is 21.1. The minimum Gasteiger partial charge on any atom is -0.322 e. The van der Waals surface area contributed by atoms with Gasteiger partial charge in [0.2, 0.25) is 0 Å². The number of nitro groups is 1. The zero-order valence-electron chi connectivity index (χ0n) is 15.3. The van der Waals surface area contributed by atoms with E-state index in [1.165, 1.54) is 23.5 Å². The van der Waals surface area contributed by atoms with E-state index in [4.69, 9.17) is 11.6 Å². The Hall–Kier alpha value is -3.62. The van der Waals surface area contributed by atoms with Crippen LogP contribution >= 0.6 is 22.9 Å². The number of hydrogen-bond acceptors (Lipinski definition) is 6. The van der Waals surface area contributed by atoms with Gasteiger partial charge in [0.15, 0.2) is 0 Å². The van der Waals surface area contributed by atoms with Crippen LogP contribution < -0.4 is 5.32 Å². The van der Waals surface area contributed by atoms with Crippen LogP contribution in [0.15, 0.2) is 72.2 Å². The molecule has 0 radical (unpaired) electrons. The van der Waals surface area contributed by atoms with Gasteiger partial charge in [-0.25, -0.2) is 4.98 Å². The molecule has 0 aliphatic heterocycles. The summed E-state index contributed by atoms with van der Waals surface area (Å²) in [5.74, 6) is -0.594. The number of halogens is 1. The molecule has 2 aromatic carbocycles. The van der Waals surface area contributed by atoms with Crippen molar-refractivity contribution in [2.24, 2.45) is 0 Å². The predicted octanol–water partition coefficient (Wildman–Crippen LogP) is 5.69. The first-order chi connectivity index (χ1) is 14.5. The summed E-state index contributed by atoms with van der Waals surface area (Å²) >= 11 is 7.29. The third-order valence-electron chi connectivity index (χ3n) is 4.21. The molecule has 1 amide bonds. The number of aromatic nitrogens is 2. The summed E-state index contributed by atoms with van der Waals surface area (Å²) in [5, 5.41) is 16.8. The quantitative estimate of drug-likeness (QED) is 0.320. The first-order valence-corrected chi connectivity index (χ1v) is 10.00. The van der Waals surface area contributed by atoms with Gasteiger partial charge in [-0.2, -0.15) is 0 Å². The molecule has 0 saturated heterocycles. The van der Waals surface area contributed by atoms with E-state index >= 15 is 0 Å². The number of carbonyl (C=O) groups excluding carboxylic acids is 1. The van der Waals surface area contributed by atoms with Crippen molar-refractivity contribution in [3.05, 3.63) is 92.9 Å². The van der Waals surface area contributed by atoms with Gasteiger partial charge >= 0.3 is 0 Å². The Morgan fingerprint density at radius 1 is 1.07 bits per heavy atom. The molecule has 30 heavy (non-hydrogen) atoms. The zero-order valence-corrected chi connectivity index (χ0v) is 16.9. The van der Waals surface area contributed by atoms with Crippen molar-refractivity contribution in [2.45, 2.75) is 0 Å². The lowest BCUT2D eigenvalue weighted by Crippen LogP contribution is -2.14. The number of nitrogens with one attached hydrogen (secondary N) is 1. The molecule has 0 aliphatic rings. The molecular weight excluding hydrogens is 424 g/mol. The number of benzene rings is 2. The van der Waals surface area contributed by atoms with E-state index in [2.05, 4.69) is 15.3 Å². The summed E-state index contributed by atoms with van der Waals surface area (Å²) in [6, 6.07) is 16.7. The fraction of sp³-hybridized carbons (Fsp3) is 0. The minimum absolute atomic E-state index is 0.0686. The van der Waals surface area contributed by atoms with Crippen molar-refractivity contribution in [3.63, 3.8) is 0 Å². The van der Waals surface area contributed by atoms with Crippen molar-refractivity contribution < 1.29 is 9.72 Å². The lowest BCUT2D eigenvalue weighted by molar-refractivity contribution is -0.385. The Kier molecular flexibility index (Phi) is 5.51. The molecule has 4 rings (SSSR count). The number of anilines is 1. The molecule has 0 atom stereocenters. The molecule has 7 nitrogen and oxygen atoms in total. The van der Waals surface area contributed by atoms with E-state index < -0.39 is 10.8 Å². The van der Waals surface area contributed by atoms with Gasteiger partial charge in [-0.15, -0.1) is 11.3 Å². The number of carbonyl (C=O) groups is 1. The second-order valence-electron chi connectivity index (χ2n) is 6.21. The Balaban J connectivity index is 1.58. The number of pyridine rings is 1. The highest BCUT2D eigenvalue weighted by molar-refractivity contribution is 7.13. The molecule has 0 spiro atoms. The monoisotopic (exact) mass is 436 g/mol. The van der Waals surface area contributed by atoms with Gasteiger partial charge in [-0.1, -0.05) is 29.8 Å². The van der Waals surface area contributed by atoms with Crippen molar-refractivity contribution >= 4 is 40.2 Å². The molecule has 0 aliphatic carbocycles. The summed E-state index contributed by atoms with van der Waals surface area (Å²) in [6.07, 6.45) is 1.71. The lowest BCUT2D eigenvalue weighted by Gasteiger charge is -2.07. The average Bonchev–Trinajstić information content (AvgIpc) is 3.25. The maximum atomic E-state index is 12.6. The third-order valence-corrected chi connectivity index (χ3v) is 5.31. The van der Waals surface area contributed by atoms with Gasteiger partial charge < -0.3 is 5.32 Å². The third kappa shape index (κ3) is 4.19. The number of thiazole rings is 1. The Bertz CT molecular complexity index is 1240. The van der Waals surface area contributed by atoms with Crippen LogP contribution in [-0.4, -0.2) is 20.8 Å². The Morgan fingerprint density at radius 2 is 1.93 bits per heavy atom. The lowest BCUT2D eigenvalue weighted by atomic mass is 10.1. The molecule has 0 bridgehead atoms. The fourth-order valence-corrected chi connectivity index (χ4v) is 3.79. The van der Waals surface area contributed by atoms with Crippen LogP contribution in [0.25, 0.3) is 22.0 Å². The molecular formula is C21H13ClN4O3S. The van der Waals surface area contributed by atoms with Crippen LogP contribution in [0, 0.1) is 10.1 Å². The van der Waals surface area contributed by atoms with E-state index in [1.54, 1.807) is 24.4 Å². The van der Waals surface area contributed by atoms with Gasteiger partial charge in [-0.05, 0) is 36.4 Å². The molecule has 0 unspecified atom stereocenters. The number of nitro benzene ring substituents is 1. The predicted molar refractivity (Wildman–Crippen MR) is 117 cm³/mol. The number of hydrogen-bond donors (Lipinski definition) is 1. The van der Waals surface area contributed by atoms with Crippen LogP contribution in [0.4, 0.5) is 11.4 Å². The second-order valence-corrected chi connectivity index (χ2v) is 7.50. The van der Waals surface area contributed by atoms with Crippen LogP contribution in [0.3, 0.4) is 0 Å². The molecule has 2 aromatic heterocycles. The van der Waals surface area contributed by atoms with E-state index in [1.807, 2.05) is 29.6 Å². The topological polar surface area (TPSA) is 98.0 Å². The first-order valence-electron chi connectivity index (χ1n) is 8.74. The van der Waals surface area contributed by atoms with E-state index in [0.717, 1.165) is 28.0 Å². The van der Waals surface area contributed by atoms with Crippen LogP contribution in [0.5, 0.6) is 0 Å². The molecule has 2 heterocycles. The van der Waals surface area contributed by atoms with Crippen LogP contribution in [0.2, 0.25) is 5.02 Å². The summed E-state index contributed by atoms with van der Waals surface area (Å²) in [6.45, 7) is 0. The normalized spacial score (nSPS) is 10.6. The number of nitrogens with zero attached hydrogens (tertiary/aromatic N) is 3. The standard InChI is InChI=1S/C21H13ClN4O3S/c22-14-7-8-16(19(11-14)26(28)29)20(27)24-15-5-3-4-13(10-15)18-12-30-21(25-18)17-6-1-2-9-23-17/h1-12H,(H,24,27). The van der Waals surface area contributed by atoms with Gasteiger partial charge in [0.25, 0.3) is 11.6 Å². The van der Waals surface area contributed by atoms with Crippen LogP contribution in [-0.2, 0) is 0 Å². The highest BCUT2D eigenvalue weighted by Crippen LogP contribution is 2.29. The van der Waals surface area contributed by atoms with E-state index in [0.29, 0.717) is 5.69 Å². The summed E-state index contributed by atoms with van der Waals surface area (Å²) in [5.41, 5.74) is 2.41. The van der Waals surface area contributed by atoms with E-state index in [-0.39, 0.29) is 16.3 Å². The first kappa shape index (κ1) is 19.7. The molecule has 0 fully saturated rings. The van der Waals surface area contributed by atoms with Crippen molar-refractivity contribution in [1.29, 1.82) is 0 Å². The second kappa shape index (κ2) is 8.40. The Labute approximate surface area is 180 Å². The minimum atomic E-state index is -0.633. The van der Waals surface area contributed by atoms with Crippen molar-refractivity contribution in [1.82, 2.24) is 9.97 Å². The van der Waals surface area contributed by atoms with Gasteiger partial charge in [-0.3, -0.25) is 19.9 Å². The van der Waals surface area contributed by atoms with Gasteiger partial charge in [0.1, 0.15) is 10.6 Å². The van der Waals surface area contributed by atoms with Crippen molar-refractivity contribution in [2.75, 3.05) is 5.32 Å². The summed E-state index contributed by atoms with van der Waals surface area (Å²) in [4.78, 5) is 32.1. The molecule has 4 aromatic rings. The van der Waals surface area contributed by atoms with Gasteiger partial charge in [0, 0.05) is 33.9 Å². The van der Waals surface area contributed by atoms with E-state index in [9.17, 15) is 14.9 Å². The smallest absolute Gasteiger partial charge is 0.283 e. The number of amides is 1. The Morgan fingerprint density at radius 3 is 2.70 bits per heavy atom. The molecule has 1 N–H and O–H groups in total. The van der Waals surface area contributed by atoms with Gasteiger partial charge in [0.05, 0.1) is 16.3 Å². The number of rotatable bonds is 5.